The van der Waals surface area contributed by atoms with Gasteiger partial charge in [-0.05, 0) is 42.3 Å². The molecular formula is C18H18F2N2O3. The Morgan fingerprint density at radius 3 is 2.68 bits per heavy atom. The number of hydrogen-bond donors (Lipinski definition) is 1. The van der Waals surface area contributed by atoms with Crippen LogP contribution < -0.4 is 14.8 Å². The molecule has 0 saturated carbocycles. The lowest BCUT2D eigenvalue weighted by Crippen LogP contribution is -2.31. The number of ether oxygens (including phenoxy) is 2. The van der Waals surface area contributed by atoms with Crippen molar-refractivity contribution in [2.45, 2.75) is 20.0 Å². The van der Waals surface area contributed by atoms with E-state index in [9.17, 15) is 13.6 Å². The van der Waals surface area contributed by atoms with E-state index in [1.165, 1.54) is 11.0 Å². The molecule has 1 heterocycles. The summed E-state index contributed by atoms with van der Waals surface area (Å²) in [6.45, 7) is 2.63. The molecule has 0 saturated heterocycles. The van der Waals surface area contributed by atoms with Gasteiger partial charge < -0.3 is 19.7 Å². The van der Waals surface area contributed by atoms with Gasteiger partial charge in [-0.25, -0.2) is 13.6 Å². The van der Waals surface area contributed by atoms with Crippen molar-refractivity contribution in [3.8, 4) is 11.5 Å². The molecule has 7 heteroatoms. The van der Waals surface area contributed by atoms with Crippen molar-refractivity contribution in [1.82, 2.24) is 4.90 Å². The molecule has 3 rings (SSSR count). The lowest BCUT2D eigenvalue weighted by Gasteiger charge is -2.18. The number of nitrogens with one attached hydrogen (secondary N) is 1. The number of urea groups is 1. The summed E-state index contributed by atoms with van der Waals surface area (Å²) in [5.74, 6) is -1.18. The van der Waals surface area contributed by atoms with E-state index in [1.54, 1.807) is 14.0 Å². The lowest BCUT2D eigenvalue weighted by molar-refractivity contribution is 0.212. The van der Waals surface area contributed by atoms with E-state index in [0.29, 0.717) is 18.8 Å². The zero-order valence-electron chi connectivity index (χ0n) is 13.9. The van der Waals surface area contributed by atoms with E-state index >= 15 is 0 Å². The molecule has 2 aromatic carbocycles. The average Bonchev–Trinajstić information content (AvgIpc) is 3.04. The van der Waals surface area contributed by atoms with Crippen molar-refractivity contribution in [1.29, 1.82) is 0 Å². The Hall–Kier alpha value is -2.83. The monoisotopic (exact) mass is 348 g/mol. The Balaban J connectivity index is 1.77. The molecule has 0 radical (unpaired) electrons. The minimum absolute atomic E-state index is 0.103. The van der Waals surface area contributed by atoms with Gasteiger partial charge in [-0.2, -0.15) is 0 Å². The predicted octanol–water partition coefficient (Wildman–Crippen LogP) is 3.92. The highest BCUT2D eigenvalue weighted by Gasteiger charge is 2.26. The number of nitrogens with zero attached hydrogens (tertiary/aromatic N) is 1. The second-order valence-electron chi connectivity index (χ2n) is 5.59. The van der Waals surface area contributed by atoms with Gasteiger partial charge in [0.1, 0.15) is 17.3 Å². The van der Waals surface area contributed by atoms with Crippen LogP contribution in [0.1, 0.15) is 18.1 Å². The standard InChI is InChI=1S/C18H18F2N2O3/c1-3-25-15-7-6-14(19)17(16(15)20)21-18(23)22-9-11-4-5-13(24-2)8-12(11)10-22/h4-8H,3,9-10H2,1-2H3,(H,21,23). The highest BCUT2D eigenvalue weighted by molar-refractivity contribution is 5.90. The number of benzene rings is 2. The van der Waals surface area contributed by atoms with Crippen LogP contribution in [-0.2, 0) is 13.1 Å². The Morgan fingerprint density at radius 1 is 1.20 bits per heavy atom. The zero-order chi connectivity index (χ0) is 18.0. The fourth-order valence-corrected chi connectivity index (χ4v) is 2.74. The first-order chi connectivity index (χ1) is 12.0. The Kier molecular flexibility index (Phi) is 4.74. The van der Waals surface area contributed by atoms with Gasteiger partial charge in [0.15, 0.2) is 11.6 Å². The Morgan fingerprint density at radius 2 is 1.96 bits per heavy atom. The van der Waals surface area contributed by atoms with Crippen LogP contribution in [0.2, 0.25) is 0 Å². The number of halogens is 2. The number of carbonyl (C=O) groups excluding carboxylic acids is 1. The van der Waals surface area contributed by atoms with Crippen LogP contribution in [0.25, 0.3) is 0 Å². The summed E-state index contributed by atoms with van der Waals surface area (Å²) in [6.07, 6.45) is 0. The van der Waals surface area contributed by atoms with Gasteiger partial charge in [0.2, 0.25) is 0 Å². The quantitative estimate of drug-likeness (QED) is 0.911. The molecule has 0 bridgehead atoms. The van der Waals surface area contributed by atoms with Crippen molar-refractivity contribution in [2.75, 3.05) is 19.0 Å². The van der Waals surface area contributed by atoms with Crippen molar-refractivity contribution in [2.24, 2.45) is 0 Å². The number of hydrogen-bond acceptors (Lipinski definition) is 3. The van der Waals surface area contributed by atoms with Crippen molar-refractivity contribution < 1.29 is 23.0 Å². The van der Waals surface area contributed by atoms with Gasteiger partial charge in [-0.15, -0.1) is 0 Å². The van der Waals surface area contributed by atoms with Gasteiger partial charge in [0.05, 0.1) is 13.7 Å². The zero-order valence-corrected chi connectivity index (χ0v) is 13.9. The number of methoxy groups -OCH3 is 1. The largest absolute Gasteiger partial charge is 0.497 e. The first-order valence-electron chi connectivity index (χ1n) is 7.86. The molecule has 1 aliphatic rings. The minimum atomic E-state index is -0.923. The van der Waals surface area contributed by atoms with Crippen LogP contribution in [0.3, 0.4) is 0 Å². The summed E-state index contributed by atoms with van der Waals surface area (Å²) in [6, 6.07) is 7.21. The van der Waals surface area contributed by atoms with Crippen LogP contribution in [0.15, 0.2) is 30.3 Å². The fourth-order valence-electron chi connectivity index (χ4n) is 2.74. The van der Waals surface area contributed by atoms with Gasteiger partial charge in [0.25, 0.3) is 0 Å². The van der Waals surface area contributed by atoms with Gasteiger partial charge in [0, 0.05) is 13.1 Å². The van der Waals surface area contributed by atoms with Crippen LogP contribution in [0.4, 0.5) is 19.3 Å². The normalized spacial score (nSPS) is 12.7. The smallest absolute Gasteiger partial charge is 0.322 e. The highest BCUT2D eigenvalue weighted by Crippen LogP contribution is 2.30. The van der Waals surface area contributed by atoms with E-state index in [2.05, 4.69) is 5.32 Å². The first kappa shape index (κ1) is 17.0. The van der Waals surface area contributed by atoms with E-state index < -0.39 is 23.4 Å². The molecule has 0 aliphatic carbocycles. The summed E-state index contributed by atoms with van der Waals surface area (Å²) in [4.78, 5) is 13.9. The van der Waals surface area contributed by atoms with E-state index in [-0.39, 0.29) is 12.4 Å². The van der Waals surface area contributed by atoms with Crippen molar-refractivity contribution in [3.63, 3.8) is 0 Å². The van der Waals surface area contributed by atoms with Crippen molar-refractivity contribution in [3.05, 3.63) is 53.1 Å². The Bertz CT molecular complexity index is 811. The minimum Gasteiger partial charge on any atom is -0.497 e. The number of rotatable bonds is 4. The first-order valence-corrected chi connectivity index (χ1v) is 7.86. The average molecular weight is 348 g/mol. The third-order valence-electron chi connectivity index (χ3n) is 4.01. The lowest BCUT2D eigenvalue weighted by atomic mass is 10.1. The maximum absolute atomic E-state index is 14.3. The second-order valence-corrected chi connectivity index (χ2v) is 5.59. The number of anilines is 1. The molecule has 0 unspecified atom stereocenters. The summed E-state index contributed by atoms with van der Waals surface area (Å²) in [7, 11) is 1.57. The fraction of sp³-hybridized carbons (Fsp3) is 0.278. The highest BCUT2D eigenvalue weighted by atomic mass is 19.1. The van der Waals surface area contributed by atoms with Crippen molar-refractivity contribution >= 4 is 11.7 Å². The summed E-state index contributed by atoms with van der Waals surface area (Å²) in [5.41, 5.74) is 1.41. The molecule has 2 aromatic rings. The number of carbonyl (C=O) groups is 1. The molecule has 1 aliphatic heterocycles. The summed E-state index contributed by atoms with van der Waals surface area (Å²) < 4.78 is 38.5. The topological polar surface area (TPSA) is 50.8 Å². The van der Waals surface area contributed by atoms with Gasteiger partial charge in [-0.1, -0.05) is 6.07 Å². The molecule has 5 nitrogen and oxygen atoms in total. The van der Waals surface area contributed by atoms with Gasteiger partial charge in [-0.3, -0.25) is 0 Å². The molecule has 0 aromatic heterocycles. The Labute approximate surface area is 144 Å². The molecule has 0 atom stereocenters. The summed E-state index contributed by atoms with van der Waals surface area (Å²) in [5, 5.41) is 2.31. The SMILES string of the molecule is CCOc1ccc(F)c(NC(=O)N2Cc3ccc(OC)cc3C2)c1F. The molecule has 2 amide bonds. The van der Waals surface area contributed by atoms with E-state index in [0.717, 1.165) is 17.2 Å². The predicted molar refractivity (Wildman–Crippen MR) is 88.8 cm³/mol. The van der Waals surface area contributed by atoms with Gasteiger partial charge >= 0.3 is 6.03 Å². The second kappa shape index (κ2) is 6.96. The molecule has 25 heavy (non-hydrogen) atoms. The third-order valence-corrected chi connectivity index (χ3v) is 4.01. The number of fused-ring (bicyclic) bond motifs is 1. The third kappa shape index (κ3) is 3.35. The van der Waals surface area contributed by atoms with E-state index in [1.807, 2.05) is 18.2 Å². The summed E-state index contributed by atoms with van der Waals surface area (Å²) >= 11 is 0. The molecular weight excluding hydrogens is 330 g/mol. The van der Waals surface area contributed by atoms with Crippen LogP contribution in [0.5, 0.6) is 11.5 Å². The van der Waals surface area contributed by atoms with E-state index in [4.69, 9.17) is 9.47 Å². The maximum atomic E-state index is 14.3. The molecule has 1 N–H and O–H groups in total. The maximum Gasteiger partial charge on any atom is 0.322 e. The van der Waals surface area contributed by atoms with Crippen LogP contribution in [-0.4, -0.2) is 24.6 Å². The van der Waals surface area contributed by atoms with Crippen LogP contribution >= 0.6 is 0 Å². The molecule has 0 spiro atoms. The molecule has 132 valence electrons. The van der Waals surface area contributed by atoms with Crippen LogP contribution in [0, 0.1) is 11.6 Å². The molecule has 0 fully saturated rings. The number of amides is 2.